The van der Waals surface area contributed by atoms with Gasteiger partial charge in [0.2, 0.25) is 5.91 Å². The van der Waals surface area contributed by atoms with Gasteiger partial charge in [0, 0.05) is 19.0 Å². The van der Waals surface area contributed by atoms with E-state index in [1.165, 1.54) is 6.07 Å². The fourth-order valence-electron chi connectivity index (χ4n) is 2.83. The Balaban J connectivity index is 1.63. The van der Waals surface area contributed by atoms with Crippen molar-refractivity contribution in [3.05, 3.63) is 59.7 Å². The van der Waals surface area contributed by atoms with Crippen molar-refractivity contribution in [2.45, 2.75) is 13.0 Å². The lowest BCUT2D eigenvalue weighted by atomic mass is 10.1. The van der Waals surface area contributed by atoms with Gasteiger partial charge in [-0.2, -0.15) is 0 Å². The van der Waals surface area contributed by atoms with Gasteiger partial charge >= 0.3 is 5.97 Å². The van der Waals surface area contributed by atoms with Gasteiger partial charge in [0.05, 0.1) is 18.7 Å². The van der Waals surface area contributed by atoms with E-state index in [0.29, 0.717) is 11.8 Å². The minimum absolute atomic E-state index is 0.00166. The number of hydrogen-bond acceptors (Lipinski definition) is 4. The third-order valence-corrected chi connectivity index (χ3v) is 4.17. The third kappa shape index (κ3) is 3.82. The Kier molecular flexibility index (Phi) is 5.16. The lowest BCUT2D eigenvalue weighted by molar-refractivity contribution is -0.149. The highest BCUT2D eigenvalue weighted by Crippen LogP contribution is 2.28. The average Bonchev–Trinajstić information content (AvgIpc) is 3.01. The number of hydrogen-bond donors (Lipinski definition) is 0. The Bertz CT molecular complexity index is 840. The van der Waals surface area contributed by atoms with Gasteiger partial charge < -0.3 is 14.4 Å². The van der Waals surface area contributed by atoms with Gasteiger partial charge in [0.25, 0.3) is 0 Å². The molecule has 0 saturated carbocycles. The predicted octanol–water partition coefficient (Wildman–Crippen LogP) is 3.07. The summed E-state index contributed by atoms with van der Waals surface area (Å²) in [4.78, 5) is 25.5. The summed E-state index contributed by atoms with van der Waals surface area (Å²) in [6, 6.07) is 10.0. The third-order valence-electron chi connectivity index (χ3n) is 4.17. The van der Waals surface area contributed by atoms with Crippen molar-refractivity contribution < 1.29 is 27.8 Å². The maximum Gasteiger partial charge on any atom is 0.311 e. The molecule has 1 aliphatic heterocycles. The average molecular weight is 361 g/mol. The maximum atomic E-state index is 13.9. The number of nitrogens with zero attached hydrogens (tertiary/aromatic N) is 1. The molecule has 0 spiro atoms. The Morgan fingerprint density at radius 2 is 2.04 bits per heavy atom. The zero-order valence-corrected chi connectivity index (χ0v) is 14.1. The molecule has 26 heavy (non-hydrogen) atoms. The largest absolute Gasteiger partial charge is 0.497 e. The van der Waals surface area contributed by atoms with Gasteiger partial charge in [-0.25, -0.2) is 8.78 Å². The number of anilines is 1. The highest BCUT2D eigenvalue weighted by Gasteiger charge is 2.37. The predicted molar refractivity (Wildman–Crippen MR) is 89.6 cm³/mol. The molecule has 1 fully saturated rings. The van der Waals surface area contributed by atoms with Crippen molar-refractivity contribution in [3.8, 4) is 5.75 Å². The monoisotopic (exact) mass is 361 g/mol. The van der Waals surface area contributed by atoms with Crippen LogP contribution in [0.5, 0.6) is 5.75 Å². The summed E-state index contributed by atoms with van der Waals surface area (Å²) >= 11 is 0. The molecule has 1 amide bonds. The number of halogens is 2. The van der Waals surface area contributed by atoms with E-state index < -0.39 is 29.4 Å². The van der Waals surface area contributed by atoms with Gasteiger partial charge in [0.1, 0.15) is 24.0 Å². The summed E-state index contributed by atoms with van der Waals surface area (Å²) in [6.07, 6.45) is -0.0756. The van der Waals surface area contributed by atoms with Crippen LogP contribution in [0.3, 0.4) is 0 Å². The molecule has 3 rings (SSSR count). The Labute approximate surface area is 149 Å². The number of esters is 1. The van der Waals surface area contributed by atoms with E-state index in [-0.39, 0.29) is 25.3 Å². The smallest absolute Gasteiger partial charge is 0.311 e. The second-order valence-electron chi connectivity index (χ2n) is 5.96. The van der Waals surface area contributed by atoms with E-state index in [1.54, 1.807) is 31.4 Å². The van der Waals surface area contributed by atoms with Gasteiger partial charge in [0.15, 0.2) is 0 Å². The summed E-state index contributed by atoms with van der Waals surface area (Å²) in [6.45, 7) is 0.0456. The molecule has 5 nitrogen and oxygen atoms in total. The topological polar surface area (TPSA) is 55.8 Å². The van der Waals surface area contributed by atoms with Crippen LogP contribution in [0.25, 0.3) is 0 Å². The summed E-state index contributed by atoms with van der Waals surface area (Å²) in [7, 11) is 1.54. The Morgan fingerprint density at radius 1 is 1.23 bits per heavy atom. The molecule has 2 aromatic carbocycles. The first-order valence-electron chi connectivity index (χ1n) is 8.03. The SMILES string of the molecule is COc1cccc(COC(=O)C2CC(=O)N(c3ccc(F)cc3F)C2)c1. The van der Waals surface area contributed by atoms with E-state index in [4.69, 9.17) is 9.47 Å². The molecule has 1 atom stereocenters. The zero-order chi connectivity index (χ0) is 18.7. The molecular formula is C19H17F2NO4. The number of ether oxygens (including phenoxy) is 2. The van der Waals surface area contributed by atoms with Crippen molar-refractivity contribution in [3.63, 3.8) is 0 Å². The molecule has 1 saturated heterocycles. The van der Waals surface area contributed by atoms with Crippen LogP contribution in [0.1, 0.15) is 12.0 Å². The normalized spacial score (nSPS) is 16.7. The van der Waals surface area contributed by atoms with Crippen LogP contribution in [0.2, 0.25) is 0 Å². The number of benzene rings is 2. The molecular weight excluding hydrogens is 344 g/mol. The molecule has 0 aromatic heterocycles. The van der Waals surface area contributed by atoms with Crippen molar-refractivity contribution >= 4 is 17.6 Å². The van der Waals surface area contributed by atoms with Crippen molar-refractivity contribution in [1.82, 2.24) is 0 Å². The number of amides is 1. The van der Waals surface area contributed by atoms with Gasteiger partial charge in [-0.15, -0.1) is 0 Å². The Hall–Kier alpha value is -2.96. The van der Waals surface area contributed by atoms with Crippen LogP contribution in [-0.4, -0.2) is 25.5 Å². The molecule has 1 heterocycles. The van der Waals surface area contributed by atoms with Crippen LogP contribution in [0.15, 0.2) is 42.5 Å². The molecule has 7 heteroatoms. The fraction of sp³-hybridized carbons (Fsp3) is 0.263. The first kappa shape index (κ1) is 17.8. The van der Waals surface area contributed by atoms with E-state index in [0.717, 1.165) is 16.5 Å². The first-order valence-corrected chi connectivity index (χ1v) is 8.03. The lowest BCUT2D eigenvalue weighted by Crippen LogP contribution is -2.27. The zero-order valence-electron chi connectivity index (χ0n) is 14.1. The minimum Gasteiger partial charge on any atom is -0.497 e. The van der Waals surface area contributed by atoms with Crippen LogP contribution in [0, 0.1) is 17.6 Å². The van der Waals surface area contributed by atoms with Crippen molar-refractivity contribution in [2.24, 2.45) is 5.92 Å². The summed E-state index contributed by atoms with van der Waals surface area (Å²) in [5.41, 5.74) is 0.711. The number of methoxy groups -OCH3 is 1. The van der Waals surface area contributed by atoms with E-state index in [1.807, 2.05) is 0 Å². The second kappa shape index (κ2) is 7.51. The second-order valence-corrected chi connectivity index (χ2v) is 5.96. The summed E-state index contributed by atoms with van der Waals surface area (Å²) < 4.78 is 37.3. The standard InChI is InChI=1S/C19H17F2NO4/c1-25-15-4-2-3-12(7-15)11-26-19(24)13-8-18(23)22(10-13)17-6-5-14(20)9-16(17)21/h2-7,9,13H,8,10-11H2,1H3. The summed E-state index contributed by atoms with van der Waals surface area (Å²) in [5, 5.41) is 0. The van der Waals surface area contributed by atoms with Crippen molar-refractivity contribution in [2.75, 3.05) is 18.6 Å². The molecule has 0 aliphatic carbocycles. The van der Waals surface area contributed by atoms with Crippen LogP contribution >= 0.6 is 0 Å². The molecule has 1 aliphatic rings. The molecule has 136 valence electrons. The first-order chi connectivity index (χ1) is 12.5. The maximum absolute atomic E-state index is 13.9. The lowest BCUT2D eigenvalue weighted by Gasteiger charge is -2.17. The van der Waals surface area contributed by atoms with E-state index in [2.05, 4.69) is 0 Å². The number of carbonyl (C=O) groups excluding carboxylic acids is 2. The molecule has 1 unspecified atom stereocenters. The van der Waals surface area contributed by atoms with Gasteiger partial charge in [-0.05, 0) is 29.8 Å². The molecule has 2 aromatic rings. The van der Waals surface area contributed by atoms with Gasteiger partial charge in [-0.3, -0.25) is 9.59 Å². The van der Waals surface area contributed by atoms with E-state index >= 15 is 0 Å². The highest BCUT2D eigenvalue weighted by molar-refractivity contribution is 5.99. The number of carbonyl (C=O) groups is 2. The van der Waals surface area contributed by atoms with Gasteiger partial charge in [-0.1, -0.05) is 12.1 Å². The van der Waals surface area contributed by atoms with Crippen LogP contribution in [0.4, 0.5) is 14.5 Å². The quantitative estimate of drug-likeness (QED) is 0.768. The molecule has 0 N–H and O–H groups in total. The number of rotatable bonds is 5. The van der Waals surface area contributed by atoms with E-state index in [9.17, 15) is 18.4 Å². The minimum atomic E-state index is -0.844. The molecule has 0 bridgehead atoms. The Morgan fingerprint density at radius 3 is 2.77 bits per heavy atom. The van der Waals surface area contributed by atoms with Crippen molar-refractivity contribution in [1.29, 1.82) is 0 Å². The summed E-state index contributed by atoms with van der Waals surface area (Å²) in [5.74, 6) is -2.56. The van der Waals surface area contributed by atoms with Crippen LogP contribution < -0.4 is 9.64 Å². The van der Waals surface area contributed by atoms with Crippen LogP contribution in [-0.2, 0) is 20.9 Å². The fourth-order valence-corrected chi connectivity index (χ4v) is 2.83. The highest BCUT2D eigenvalue weighted by atomic mass is 19.1. The molecule has 0 radical (unpaired) electrons.